The lowest BCUT2D eigenvalue weighted by Gasteiger charge is -2.10. The van der Waals surface area contributed by atoms with Crippen LogP contribution in [-0.4, -0.2) is 38.5 Å². The Morgan fingerprint density at radius 3 is 2.92 bits per heavy atom. The van der Waals surface area contributed by atoms with Gasteiger partial charge in [-0.05, 0) is 19.9 Å². The molecule has 9 heteroatoms. The highest BCUT2D eigenvalue weighted by Gasteiger charge is 2.12. The minimum atomic E-state index is -0.555. The number of allylic oxidation sites excluding steroid dienone is 1. The molecule has 0 bridgehead atoms. The lowest BCUT2D eigenvalue weighted by atomic mass is 10.2. The molecule has 0 saturated heterocycles. The molecule has 0 aliphatic carbocycles. The molecule has 2 aromatic rings. The molecule has 2 heterocycles. The fourth-order valence-corrected chi connectivity index (χ4v) is 1.89. The average Bonchev–Trinajstić information content (AvgIpc) is 2.93. The first kappa shape index (κ1) is 17.1. The Bertz CT molecular complexity index is 767. The predicted octanol–water partition coefficient (Wildman–Crippen LogP) is 1.85. The molecule has 126 valence electrons. The summed E-state index contributed by atoms with van der Waals surface area (Å²) < 4.78 is 6.58. The number of anilines is 3. The Labute approximate surface area is 139 Å². The summed E-state index contributed by atoms with van der Waals surface area (Å²) in [6.45, 7) is 3.63. The molecule has 0 aliphatic heterocycles. The molecule has 0 aliphatic rings. The van der Waals surface area contributed by atoms with Gasteiger partial charge in [-0.25, -0.2) is 9.78 Å². The number of nitrogens with one attached hydrogen (secondary N) is 3. The molecule has 0 saturated carbocycles. The monoisotopic (exact) mass is 329 g/mol. The Morgan fingerprint density at radius 1 is 1.50 bits per heavy atom. The van der Waals surface area contributed by atoms with Gasteiger partial charge >= 0.3 is 5.97 Å². The van der Waals surface area contributed by atoms with Gasteiger partial charge in [0, 0.05) is 31.4 Å². The van der Waals surface area contributed by atoms with Crippen molar-refractivity contribution in [3.63, 3.8) is 0 Å². The maximum absolute atomic E-state index is 11.8. The first-order valence-corrected chi connectivity index (χ1v) is 7.27. The molecule has 2 aromatic heterocycles. The van der Waals surface area contributed by atoms with Gasteiger partial charge < -0.3 is 20.8 Å². The van der Waals surface area contributed by atoms with Crippen molar-refractivity contribution in [1.82, 2.24) is 19.7 Å². The normalized spacial score (nSPS) is 11.5. The van der Waals surface area contributed by atoms with Gasteiger partial charge in [0.25, 0.3) is 0 Å². The fourth-order valence-electron chi connectivity index (χ4n) is 1.89. The number of aromatic nitrogens is 4. The van der Waals surface area contributed by atoms with E-state index in [0.29, 0.717) is 17.5 Å². The Morgan fingerprint density at radius 2 is 2.29 bits per heavy atom. The van der Waals surface area contributed by atoms with Crippen molar-refractivity contribution in [2.24, 2.45) is 7.05 Å². The van der Waals surface area contributed by atoms with E-state index < -0.39 is 5.97 Å². The zero-order valence-corrected chi connectivity index (χ0v) is 13.7. The van der Waals surface area contributed by atoms with Crippen molar-refractivity contribution in [1.29, 1.82) is 5.41 Å². The van der Waals surface area contributed by atoms with Crippen molar-refractivity contribution in [3.8, 4) is 0 Å². The molecule has 0 radical (unpaired) electrons. The topological polar surface area (TPSA) is 118 Å². The number of carbonyl (C=O) groups is 1. The second kappa shape index (κ2) is 7.86. The van der Waals surface area contributed by atoms with Gasteiger partial charge in [0.15, 0.2) is 0 Å². The van der Waals surface area contributed by atoms with E-state index in [1.54, 1.807) is 43.2 Å². The quantitative estimate of drug-likeness (QED) is 0.403. The third-order valence-electron chi connectivity index (χ3n) is 2.98. The van der Waals surface area contributed by atoms with Gasteiger partial charge in [0.1, 0.15) is 5.82 Å². The van der Waals surface area contributed by atoms with E-state index in [4.69, 9.17) is 10.1 Å². The van der Waals surface area contributed by atoms with Crippen LogP contribution >= 0.6 is 0 Å². The lowest BCUT2D eigenvalue weighted by Crippen LogP contribution is -2.14. The van der Waals surface area contributed by atoms with E-state index >= 15 is 0 Å². The van der Waals surface area contributed by atoms with E-state index in [1.165, 1.54) is 0 Å². The van der Waals surface area contributed by atoms with E-state index in [1.807, 2.05) is 7.05 Å². The Kier molecular flexibility index (Phi) is 5.61. The van der Waals surface area contributed by atoms with E-state index in [9.17, 15) is 4.79 Å². The zero-order valence-electron chi connectivity index (χ0n) is 13.7. The maximum atomic E-state index is 11.8. The van der Waals surface area contributed by atoms with Crippen molar-refractivity contribution < 1.29 is 9.53 Å². The number of rotatable bonds is 7. The molecule has 0 fully saturated rings. The first-order chi connectivity index (χ1) is 11.5. The standard InChI is InChI=1S/C15H19N7O2/c1-4-24-14(23)12(7-16)10(2)19-13-5-6-17-15(21-13)20-11-8-18-22(3)9-11/h5-9,16H,4H2,1-3H3,(H2,17,19,20,21)/b12-10+,16-7?. The summed E-state index contributed by atoms with van der Waals surface area (Å²) >= 11 is 0. The van der Waals surface area contributed by atoms with E-state index in [-0.39, 0.29) is 12.2 Å². The summed E-state index contributed by atoms with van der Waals surface area (Å²) in [6.07, 6.45) is 5.98. The van der Waals surface area contributed by atoms with Crippen LogP contribution in [0.1, 0.15) is 13.8 Å². The van der Waals surface area contributed by atoms with Crippen LogP contribution < -0.4 is 10.6 Å². The lowest BCUT2D eigenvalue weighted by molar-refractivity contribution is -0.137. The molecule has 0 amide bonds. The number of nitrogens with zero attached hydrogens (tertiary/aromatic N) is 4. The first-order valence-electron chi connectivity index (χ1n) is 7.27. The SMILES string of the molecule is CCOC(=O)/C(C=N)=C(\C)Nc1ccnc(Nc2cnn(C)c2)n1. The van der Waals surface area contributed by atoms with Gasteiger partial charge in [0.2, 0.25) is 5.95 Å². The molecule has 0 unspecified atom stereocenters. The summed E-state index contributed by atoms with van der Waals surface area (Å²) in [5.41, 5.74) is 1.36. The number of aryl methyl sites for hydroxylation is 1. The zero-order chi connectivity index (χ0) is 17.5. The third-order valence-corrected chi connectivity index (χ3v) is 2.98. The fraction of sp³-hybridized carbons (Fsp3) is 0.267. The molecule has 3 N–H and O–H groups in total. The number of esters is 1. The Balaban J connectivity index is 2.16. The smallest absolute Gasteiger partial charge is 0.341 e. The largest absolute Gasteiger partial charge is 0.462 e. The predicted molar refractivity (Wildman–Crippen MR) is 90.3 cm³/mol. The van der Waals surface area contributed by atoms with Crippen molar-refractivity contribution in [3.05, 3.63) is 35.9 Å². The molecular weight excluding hydrogens is 310 g/mol. The molecule has 0 spiro atoms. The summed E-state index contributed by atoms with van der Waals surface area (Å²) in [5, 5.41) is 17.4. The minimum Gasteiger partial charge on any atom is -0.462 e. The van der Waals surface area contributed by atoms with Gasteiger partial charge in [-0.15, -0.1) is 0 Å². The summed E-state index contributed by atoms with van der Waals surface area (Å²) in [6, 6.07) is 1.66. The van der Waals surface area contributed by atoms with Crippen LogP contribution in [0, 0.1) is 5.41 Å². The number of hydrogen-bond donors (Lipinski definition) is 3. The highest BCUT2D eigenvalue weighted by Crippen LogP contribution is 2.15. The van der Waals surface area contributed by atoms with Crippen LogP contribution in [0.4, 0.5) is 17.5 Å². The third kappa shape index (κ3) is 4.38. The summed E-state index contributed by atoms with van der Waals surface area (Å²) in [4.78, 5) is 20.2. The van der Waals surface area contributed by atoms with Crippen LogP contribution in [-0.2, 0) is 16.6 Å². The van der Waals surface area contributed by atoms with Crippen LogP contribution in [0.3, 0.4) is 0 Å². The Hall–Kier alpha value is -3.23. The van der Waals surface area contributed by atoms with Gasteiger partial charge in [-0.1, -0.05) is 0 Å². The van der Waals surface area contributed by atoms with Gasteiger partial charge in [-0.2, -0.15) is 10.1 Å². The maximum Gasteiger partial charge on any atom is 0.341 e. The van der Waals surface area contributed by atoms with Crippen molar-refractivity contribution in [2.45, 2.75) is 13.8 Å². The second-order valence-electron chi connectivity index (χ2n) is 4.82. The molecule has 2 rings (SSSR count). The van der Waals surface area contributed by atoms with Crippen LogP contribution in [0.25, 0.3) is 0 Å². The summed E-state index contributed by atoms with van der Waals surface area (Å²) in [7, 11) is 1.81. The number of carbonyl (C=O) groups excluding carboxylic acids is 1. The molecule has 0 aromatic carbocycles. The van der Waals surface area contributed by atoms with E-state index in [2.05, 4.69) is 25.7 Å². The molecule has 0 atom stereocenters. The molecule has 9 nitrogen and oxygen atoms in total. The van der Waals surface area contributed by atoms with E-state index in [0.717, 1.165) is 11.9 Å². The highest BCUT2D eigenvalue weighted by atomic mass is 16.5. The second-order valence-corrected chi connectivity index (χ2v) is 4.82. The van der Waals surface area contributed by atoms with Gasteiger partial charge in [0.05, 0.1) is 24.1 Å². The van der Waals surface area contributed by atoms with Crippen LogP contribution in [0.5, 0.6) is 0 Å². The highest BCUT2D eigenvalue weighted by molar-refractivity contribution is 6.09. The average molecular weight is 329 g/mol. The molecule has 24 heavy (non-hydrogen) atoms. The minimum absolute atomic E-state index is 0.136. The molecular formula is C15H19N7O2. The summed E-state index contributed by atoms with van der Waals surface area (Å²) in [5.74, 6) is 0.311. The number of ether oxygens (including phenoxy) is 1. The van der Waals surface area contributed by atoms with Gasteiger partial charge in [-0.3, -0.25) is 4.68 Å². The van der Waals surface area contributed by atoms with Crippen LogP contribution in [0.15, 0.2) is 35.9 Å². The van der Waals surface area contributed by atoms with Crippen molar-refractivity contribution in [2.75, 3.05) is 17.2 Å². The number of hydrogen-bond acceptors (Lipinski definition) is 8. The van der Waals surface area contributed by atoms with Crippen molar-refractivity contribution >= 4 is 29.6 Å². The van der Waals surface area contributed by atoms with Crippen LogP contribution in [0.2, 0.25) is 0 Å².